The number of alkyl halides is 3. The van der Waals surface area contributed by atoms with Crippen LogP contribution >= 0.6 is 0 Å². The maximum absolute atomic E-state index is 13.4. The molecular formula is C16H22F3N3O3S. The molecule has 0 saturated carbocycles. The highest BCUT2D eigenvalue weighted by Crippen LogP contribution is 2.31. The largest absolute Gasteiger partial charge is 0.490 e. The SMILES string of the molecule is CC1Cc2cc(S(=O)(=O)NCC(N3CCNCC3)C(F)(F)F)ccc2O1. The average Bonchev–Trinajstić information content (AvgIpc) is 2.93. The molecule has 0 aromatic heterocycles. The van der Waals surface area contributed by atoms with E-state index in [1.54, 1.807) is 6.07 Å². The first-order chi connectivity index (χ1) is 12.2. The van der Waals surface area contributed by atoms with Crippen molar-refractivity contribution in [2.45, 2.75) is 36.6 Å². The lowest BCUT2D eigenvalue weighted by Crippen LogP contribution is -2.57. The van der Waals surface area contributed by atoms with Crippen molar-refractivity contribution < 1.29 is 26.3 Å². The van der Waals surface area contributed by atoms with Gasteiger partial charge in [-0.1, -0.05) is 0 Å². The molecule has 0 aliphatic carbocycles. The number of fused-ring (bicyclic) bond motifs is 1. The van der Waals surface area contributed by atoms with E-state index in [0.29, 0.717) is 25.3 Å². The van der Waals surface area contributed by atoms with E-state index >= 15 is 0 Å². The molecule has 2 aliphatic rings. The van der Waals surface area contributed by atoms with Gasteiger partial charge in [0.1, 0.15) is 17.9 Å². The van der Waals surface area contributed by atoms with Crippen LogP contribution in [0.4, 0.5) is 13.2 Å². The van der Waals surface area contributed by atoms with Crippen LogP contribution in [0.1, 0.15) is 12.5 Å². The molecule has 2 unspecified atom stereocenters. The summed E-state index contributed by atoms with van der Waals surface area (Å²) in [5.41, 5.74) is 0.745. The van der Waals surface area contributed by atoms with Gasteiger partial charge < -0.3 is 10.1 Å². The van der Waals surface area contributed by atoms with Gasteiger partial charge in [-0.15, -0.1) is 0 Å². The van der Waals surface area contributed by atoms with Crippen molar-refractivity contribution in [1.29, 1.82) is 0 Å². The zero-order valence-corrected chi connectivity index (χ0v) is 15.2. The highest BCUT2D eigenvalue weighted by molar-refractivity contribution is 7.89. The zero-order valence-electron chi connectivity index (χ0n) is 14.3. The Hall–Kier alpha value is -1.36. The predicted molar refractivity (Wildman–Crippen MR) is 89.7 cm³/mol. The number of hydrogen-bond acceptors (Lipinski definition) is 5. The summed E-state index contributed by atoms with van der Waals surface area (Å²) >= 11 is 0. The summed E-state index contributed by atoms with van der Waals surface area (Å²) in [6.45, 7) is 2.49. The monoisotopic (exact) mass is 393 g/mol. The molecule has 3 rings (SSSR count). The van der Waals surface area contributed by atoms with Crippen LogP contribution in [0.3, 0.4) is 0 Å². The van der Waals surface area contributed by atoms with Gasteiger partial charge in [-0.05, 0) is 30.7 Å². The van der Waals surface area contributed by atoms with E-state index in [9.17, 15) is 21.6 Å². The van der Waals surface area contributed by atoms with Gasteiger partial charge in [-0.25, -0.2) is 13.1 Å². The number of ether oxygens (including phenoxy) is 1. The molecule has 2 heterocycles. The normalized spacial score (nSPS) is 22.7. The summed E-state index contributed by atoms with van der Waals surface area (Å²) in [6.07, 6.45) is -3.98. The van der Waals surface area contributed by atoms with Gasteiger partial charge in [0.15, 0.2) is 0 Å². The number of nitrogens with one attached hydrogen (secondary N) is 2. The number of benzene rings is 1. The summed E-state index contributed by atoms with van der Waals surface area (Å²) in [7, 11) is -4.04. The lowest BCUT2D eigenvalue weighted by atomic mass is 10.1. The van der Waals surface area contributed by atoms with Gasteiger partial charge in [0.05, 0.1) is 4.90 Å². The van der Waals surface area contributed by atoms with Crippen LogP contribution in [0.15, 0.2) is 23.1 Å². The summed E-state index contributed by atoms with van der Waals surface area (Å²) in [6, 6.07) is 2.52. The van der Waals surface area contributed by atoms with Crippen LogP contribution in [0.2, 0.25) is 0 Å². The van der Waals surface area contributed by atoms with Crippen molar-refractivity contribution in [3.63, 3.8) is 0 Å². The third kappa shape index (κ3) is 4.30. The Labute approximate surface area is 150 Å². The molecule has 1 saturated heterocycles. The Morgan fingerprint density at radius 3 is 2.69 bits per heavy atom. The fourth-order valence-corrected chi connectivity index (χ4v) is 4.37. The lowest BCUT2D eigenvalue weighted by molar-refractivity contribution is -0.182. The molecular weight excluding hydrogens is 371 g/mol. The van der Waals surface area contributed by atoms with Crippen LogP contribution < -0.4 is 14.8 Å². The lowest BCUT2D eigenvalue weighted by Gasteiger charge is -2.35. The van der Waals surface area contributed by atoms with Crippen LogP contribution in [0.5, 0.6) is 5.75 Å². The molecule has 26 heavy (non-hydrogen) atoms. The molecule has 0 bridgehead atoms. The van der Waals surface area contributed by atoms with Gasteiger partial charge in [0.25, 0.3) is 0 Å². The summed E-state index contributed by atoms with van der Waals surface area (Å²) in [4.78, 5) is 1.22. The van der Waals surface area contributed by atoms with Gasteiger partial charge in [-0.2, -0.15) is 13.2 Å². The summed E-state index contributed by atoms with van der Waals surface area (Å²) in [5, 5.41) is 2.99. The van der Waals surface area contributed by atoms with E-state index < -0.39 is 28.8 Å². The second kappa shape index (κ2) is 7.34. The number of piperazine rings is 1. The van der Waals surface area contributed by atoms with Crippen molar-refractivity contribution in [3.8, 4) is 5.75 Å². The van der Waals surface area contributed by atoms with E-state index in [-0.39, 0.29) is 24.1 Å². The topological polar surface area (TPSA) is 70.7 Å². The first kappa shape index (κ1) is 19.4. The molecule has 0 spiro atoms. The fraction of sp³-hybridized carbons (Fsp3) is 0.625. The molecule has 1 fully saturated rings. The molecule has 10 heteroatoms. The molecule has 2 aliphatic heterocycles. The molecule has 0 radical (unpaired) electrons. The van der Waals surface area contributed by atoms with Gasteiger partial charge in [-0.3, -0.25) is 4.90 Å². The van der Waals surface area contributed by atoms with Crippen molar-refractivity contribution in [1.82, 2.24) is 14.9 Å². The first-order valence-corrected chi connectivity index (χ1v) is 9.96. The molecule has 1 aromatic carbocycles. The number of halogens is 3. The maximum Gasteiger partial charge on any atom is 0.405 e. The average molecular weight is 393 g/mol. The van der Waals surface area contributed by atoms with Crippen molar-refractivity contribution in [2.75, 3.05) is 32.7 Å². The zero-order chi connectivity index (χ0) is 18.9. The minimum Gasteiger partial charge on any atom is -0.490 e. The van der Waals surface area contributed by atoms with Crippen LogP contribution in [0, 0.1) is 0 Å². The minimum atomic E-state index is -4.51. The first-order valence-electron chi connectivity index (χ1n) is 8.47. The van der Waals surface area contributed by atoms with E-state index in [1.807, 2.05) is 6.92 Å². The van der Waals surface area contributed by atoms with E-state index in [2.05, 4.69) is 10.0 Å². The predicted octanol–water partition coefficient (Wildman–Crippen LogP) is 1.12. The highest BCUT2D eigenvalue weighted by atomic mass is 32.2. The summed E-state index contributed by atoms with van der Waals surface area (Å²) in [5.74, 6) is 0.616. The molecule has 6 nitrogen and oxygen atoms in total. The van der Waals surface area contributed by atoms with E-state index in [4.69, 9.17) is 4.74 Å². The molecule has 146 valence electrons. The third-order valence-electron chi connectivity index (χ3n) is 4.61. The Morgan fingerprint density at radius 1 is 1.35 bits per heavy atom. The van der Waals surface area contributed by atoms with Gasteiger partial charge in [0.2, 0.25) is 10.0 Å². The van der Waals surface area contributed by atoms with E-state index in [1.165, 1.54) is 17.0 Å². The summed E-state index contributed by atoms with van der Waals surface area (Å²) < 4.78 is 72.8. The highest BCUT2D eigenvalue weighted by Gasteiger charge is 2.44. The third-order valence-corrected chi connectivity index (χ3v) is 6.04. The van der Waals surface area contributed by atoms with Crippen molar-refractivity contribution in [2.24, 2.45) is 0 Å². The second-order valence-corrected chi connectivity index (χ2v) is 8.36. The van der Waals surface area contributed by atoms with Crippen molar-refractivity contribution >= 4 is 10.0 Å². The van der Waals surface area contributed by atoms with E-state index in [0.717, 1.165) is 5.56 Å². The van der Waals surface area contributed by atoms with Crippen LogP contribution in [-0.2, 0) is 16.4 Å². The fourth-order valence-electron chi connectivity index (χ4n) is 3.28. The Kier molecular flexibility index (Phi) is 5.48. The number of sulfonamides is 1. The van der Waals surface area contributed by atoms with Gasteiger partial charge >= 0.3 is 6.18 Å². The Morgan fingerprint density at radius 2 is 2.04 bits per heavy atom. The molecule has 2 atom stereocenters. The standard InChI is InChI=1S/C16H22F3N3O3S/c1-11-8-12-9-13(2-3-14(12)25-11)26(23,24)21-10-15(16(17,18)19)22-6-4-20-5-7-22/h2-3,9,11,15,20-21H,4-8,10H2,1H3. The Balaban J connectivity index is 1.73. The number of hydrogen-bond donors (Lipinski definition) is 2. The second-order valence-electron chi connectivity index (χ2n) is 6.60. The smallest absolute Gasteiger partial charge is 0.405 e. The molecule has 0 amide bonds. The number of nitrogens with zero attached hydrogens (tertiary/aromatic N) is 1. The number of rotatable bonds is 5. The molecule has 2 N–H and O–H groups in total. The minimum absolute atomic E-state index is 0.0433. The Bertz CT molecular complexity index is 749. The molecule has 1 aromatic rings. The van der Waals surface area contributed by atoms with Crippen LogP contribution in [-0.4, -0.2) is 64.4 Å². The van der Waals surface area contributed by atoms with Crippen molar-refractivity contribution in [3.05, 3.63) is 23.8 Å². The quantitative estimate of drug-likeness (QED) is 0.785. The van der Waals surface area contributed by atoms with Gasteiger partial charge in [0, 0.05) is 39.1 Å². The maximum atomic E-state index is 13.4. The van der Waals surface area contributed by atoms with Crippen LogP contribution in [0.25, 0.3) is 0 Å².